The number of piperazine rings is 1. The topological polar surface area (TPSA) is 78.4 Å². The Labute approximate surface area is 180 Å². The van der Waals surface area contributed by atoms with Crippen LogP contribution in [0.3, 0.4) is 0 Å². The van der Waals surface area contributed by atoms with E-state index in [0.717, 1.165) is 62.1 Å². The Morgan fingerprint density at radius 1 is 1.17 bits per heavy atom. The average Bonchev–Trinajstić information content (AvgIpc) is 2.75. The number of nitrogens with one attached hydrogen (secondary N) is 2. The number of rotatable bonds is 10. The van der Waals surface area contributed by atoms with Crippen LogP contribution in [-0.4, -0.2) is 87.8 Å². The molecule has 1 aromatic carbocycles. The van der Waals surface area contributed by atoms with Crippen LogP contribution >= 0.6 is 0 Å². The Balaban J connectivity index is 1.75. The Morgan fingerprint density at radius 3 is 2.60 bits per heavy atom. The van der Waals surface area contributed by atoms with E-state index >= 15 is 0 Å². The molecule has 0 bridgehead atoms. The van der Waals surface area contributed by atoms with Gasteiger partial charge < -0.3 is 25.0 Å². The Hall–Kier alpha value is -2.32. The fourth-order valence-electron chi connectivity index (χ4n) is 3.32. The molecule has 1 aromatic rings. The molecule has 1 saturated heterocycles. The first-order valence-corrected chi connectivity index (χ1v) is 10.8. The van der Waals surface area contributed by atoms with Crippen molar-refractivity contribution in [1.82, 2.24) is 20.4 Å². The van der Waals surface area contributed by atoms with E-state index in [9.17, 15) is 4.79 Å². The standard InChI is InChI=1S/C22H37N5O3/c1-5-29-14-15-30-21-16-18(2)6-7-20(21)17-25-22(23-4)24-8-9-26-10-12-27(13-11-26)19(3)28/h6-7,16H,5,8-15,17H2,1-4H3,(H2,23,24,25). The molecule has 2 rings (SSSR count). The van der Waals surface area contributed by atoms with Gasteiger partial charge in [0.15, 0.2) is 5.96 Å². The van der Waals surface area contributed by atoms with Gasteiger partial charge in [-0.15, -0.1) is 0 Å². The summed E-state index contributed by atoms with van der Waals surface area (Å²) in [4.78, 5) is 20.0. The molecular formula is C22H37N5O3. The minimum Gasteiger partial charge on any atom is -0.491 e. The van der Waals surface area contributed by atoms with Gasteiger partial charge in [0.05, 0.1) is 6.61 Å². The van der Waals surface area contributed by atoms with E-state index in [1.54, 1.807) is 14.0 Å². The minimum atomic E-state index is 0.162. The summed E-state index contributed by atoms with van der Waals surface area (Å²) in [6, 6.07) is 6.23. The molecule has 168 valence electrons. The van der Waals surface area contributed by atoms with Crippen LogP contribution < -0.4 is 15.4 Å². The Bertz CT molecular complexity index is 687. The number of carbonyl (C=O) groups excluding carboxylic acids is 1. The van der Waals surface area contributed by atoms with Crippen molar-refractivity contribution in [2.45, 2.75) is 27.3 Å². The number of aryl methyl sites for hydroxylation is 1. The van der Waals surface area contributed by atoms with Crippen molar-refractivity contribution in [2.24, 2.45) is 4.99 Å². The van der Waals surface area contributed by atoms with Gasteiger partial charge in [-0.05, 0) is 25.5 Å². The first kappa shape index (κ1) is 24.0. The number of aliphatic imine (C=N–C) groups is 1. The summed E-state index contributed by atoms with van der Waals surface area (Å²) >= 11 is 0. The second kappa shape index (κ2) is 13.1. The predicted molar refractivity (Wildman–Crippen MR) is 120 cm³/mol. The van der Waals surface area contributed by atoms with E-state index in [1.807, 2.05) is 11.8 Å². The van der Waals surface area contributed by atoms with Gasteiger partial charge in [-0.2, -0.15) is 0 Å². The molecule has 1 fully saturated rings. The summed E-state index contributed by atoms with van der Waals surface area (Å²) in [5.74, 6) is 1.80. The molecule has 0 atom stereocenters. The fourth-order valence-corrected chi connectivity index (χ4v) is 3.32. The van der Waals surface area contributed by atoms with E-state index in [4.69, 9.17) is 9.47 Å². The van der Waals surface area contributed by atoms with Gasteiger partial charge in [-0.1, -0.05) is 12.1 Å². The number of benzene rings is 1. The fraction of sp³-hybridized carbons (Fsp3) is 0.636. The van der Waals surface area contributed by atoms with Crippen LogP contribution in [0.1, 0.15) is 25.0 Å². The number of hydrogen-bond acceptors (Lipinski definition) is 5. The summed E-state index contributed by atoms with van der Waals surface area (Å²) < 4.78 is 11.3. The zero-order valence-corrected chi connectivity index (χ0v) is 18.9. The summed E-state index contributed by atoms with van der Waals surface area (Å²) in [5, 5.41) is 6.73. The van der Waals surface area contributed by atoms with Crippen molar-refractivity contribution in [2.75, 3.05) is 66.1 Å². The van der Waals surface area contributed by atoms with Crippen LogP contribution in [-0.2, 0) is 16.1 Å². The molecule has 0 radical (unpaired) electrons. The monoisotopic (exact) mass is 419 g/mol. The van der Waals surface area contributed by atoms with Gasteiger partial charge in [0.25, 0.3) is 0 Å². The predicted octanol–water partition coefficient (Wildman–Crippen LogP) is 1.24. The first-order valence-electron chi connectivity index (χ1n) is 10.8. The molecule has 8 nitrogen and oxygen atoms in total. The van der Waals surface area contributed by atoms with Crippen LogP contribution in [0.2, 0.25) is 0 Å². The smallest absolute Gasteiger partial charge is 0.219 e. The molecule has 8 heteroatoms. The summed E-state index contributed by atoms with van der Waals surface area (Å²) in [7, 11) is 1.77. The van der Waals surface area contributed by atoms with Gasteiger partial charge in [0.2, 0.25) is 5.91 Å². The van der Waals surface area contributed by atoms with Crippen molar-refractivity contribution in [3.05, 3.63) is 29.3 Å². The highest BCUT2D eigenvalue weighted by Gasteiger charge is 2.18. The van der Waals surface area contributed by atoms with Crippen LogP contribution in [0, 0.1) is 6.92 Å². The third kappa shape index (κ3) is 8.20. The van der Waals surface area contributed by atoms with Gasteiger partial charge in [0.1, 0.15) is 12.4 Å². The zero-order valence-electron chi connectivity index (χ0n) is 18.9. The number of ether oxygens (including phenoxy) is 2. The largest absolute Gasteiger partial charge is 0.491 e. The molecule has 0 spiro atoms. The lowest BCUT2D eigenvalue weighted by Crippen LogP contribution is -2.50. The van der Waals surface area contributed by atoms with E-state index in [1.165, 1.54) is 0 Å². The minimum absolute atomic E-state index is 0.162. The molecule has 30 heavy (non-hydrogen) atoms. The zero-order chi connectivity index (χ0) is 21.8. The second-order valence-corrected chi connectivity index (χ2v) is 7.36. The molecule has 1 amide bonds. The highest BCUT2D eigenvalue weighted by Crippen LogP contribution is 2.20. The van der Waals surface area contributed by atoms with E-state index in [2.05, 4.69) is 45.6 Å². The molecule has 0 aliphatic carbocycles. The highest BCUT2D eigenvalue weighted by molar-refractivity contribution is 5.79. The van der Waals surface area contributed by atoms with Crippen LogP contribution in [0.4, 0.5) is 0 Å². The molecule has 2 N–H and O–H groups in total. The number of amides is 1. The molecule has 1 aliphatic rings. The van der Waals surface area contributed by atoms with Crippen LogP contribution in [0.15, 0.2) is 23.2 Å². The lowest BCUT2D eigenvalue weighted by atomic mass is 10.1. The number of carbonyl (C=O) groups is 1. The van der Waals surface area contributed by atoms with Crippen LogP contribution in [0.25, 0.3) is 0 Å². The third-order valence-corrected chi connectivity index (χ3v) is 5.12. The molecule has 0 aromatic heterocycles. The third-order valence-electron chi connectivity index (χ3n) is 5.12. The highest BCUT2D eigenvalue weighted by atomic mass is 16.5. The summed E-state index contributed by atoms with van der Waals surface area (Å²) in [6.45, 7) is 13.3. The van der Waals surface area contributed by atoms with E-state index in [0.29, 0.717) is 26.4 Å². The number of hydrogen-bond donors (Lipinski definition) is 2. The SMILES string of the molecule is CCOCCOc1cc(C)ccc1CNC(=NC)NCCN1CCN(C(C)=O)CC1. The normalized spacial score (nSPS) is 15.2. The quantitative estimate of drug-likeness (QED) is 0.338. The lowest BCUT2D eigenvalue weighted by molar-refractivity contribution is -0.130. The molecule has 0 saturated carbocycles. The van der Waals surface area contributed by atoms with E-state index in [-0.39, 0.29) is 5.91 Å². The maximum absolute atomic E-state index is 11.4. The van der Waals surface area contributed by atoms with Crippen molar-refractivity contribution in [3.63, 3.8) is 0 Å². The Kier molecular flexibility index (Phi) is 10.4. The summed E-state index contributed by atoms with van der Waals surface area (Å²) in [6.07, 6.45) is 0. The van der Waals surface area contributed by atoms with Gasteiger partial charge in [-0.25, -0.2) is 0 Å². The van der Waals surface area contributed by atoms with E-state index < -0.39 is 0 Å². The summed E-state index contributed by atoms with van der Waals surface area (Å²) in [5.41, 5.74) is 2.25. The maximum Gasteiger partial charge on any atom is 0.219 e. The second-order valence-electron chi connectivity index (χ2n) is 7.36. The molecule has 1 heterocycles. The van der Waals surface area contributed by atoms with Gasteiger partial charge in [-0.3, -0.25) is 14.7 Å². The number of nitrogens with zero attached hydrogens (tertiary/aromatic N) is 3. The van der Waals surface area contributed by atoms with Crippen LogP contribution in [0.5, 0.6) is 5.75 Å². The Morgan fingerprint density at radius 2 is 1.93 bits per heavy atom. The lowest BCUT2D eigenvalue weighted by Gasteiger charge is -2.34. The average molecular weight is 420 g/mol. The molecular weight excluding hydrogens is 382 g/mol. The number of guanidine groups is 1. The van der Waals surface area contributed by atoms with Gasteiger partial charge >= 0.3 is 0 Å². The molecule has 1 aliphatic heterocycles. The van der Waals surface area contributed by atoms with Crippen molar-refractivity contribution in [1.29, 1.82) is 0 Å². The first-order chi connectivity index (χ1) is 14.5. The van der Waals surface area contributed by atoms with Crippen molar-refractivity contribution in [3.8, 4) is 5.75 Å². The molecule has 0 unspecified atom stereocenters. The maximum atomic E-state index is 11.4. The van der Waals surface area contributed by atoms with Gasteiger partial charge in [0, 0.05) is 72.0 Å². The van der Waals surface area contributed by atoms with Crippen molar-refractivity contribution >= 4 is 11.9 Å². The van der Waals surface area contributed by atoms with Crippen molar-refractivity contribution < 1.29 is 14.3 Å².